The minimum absolute atomic E-state index is 0.149. The molecule has 0 spiro atoms. The van der Waals surface area contributed by atoms with Gasteiger partial charge in [-0.05, 0) is 31.2 Å². The lowest BCUT2D eigenvalue weighted by Crippen LogP contribution is -2.28. The Morgan fingerprint density at radius 1 is 1.29 bits per heavy atom. The van der Waals surface area contributed by atoms with Gasteiger partial charge in [0.25, 0.3) is 0 Å². The number of carbonyl (C=O) groups excluding carboxylic acids is 1. The highest BCUT2D eigenvalue weighted by molar-refractivity contribution is 7.99. The average molecular weight is 394 g/mol. The maximum absolute atomic E-state index is 12.3. The fourth-order valence-corrected chi connectivity index (χ4v) is 3.44. The van der Waals surface area contributed by atoms with Crippen molar-refractivity contribution in [1.82, 2.24) is 25.2 Å². The summed E-state index contributed by atoms with van der Waals surface area (Å²) in [6.07, 6.45) is 3.33. The summed E-state index contributed by atoms with van der Waals surface area (Å²) in [5.41, 5.74) is 1.56. The first-order chi connectivity index (χ1) is 13.6. The summed E-state index contributed by atoms with van der Waals surface area (Å²) in [5, 5.41) is 12.5. The summed E-state index contributed by atoms with van der Waals surface area (Å²) in [7, 11) is 0. The molecular formula is C19H18N6O2S. The molecule has 0 fully saturated rings. The quantitative estimate of drug-likeness (QED) is 0.382. The topological polar surface area (TPSA) is 112 Å². The number of furan rings is 1. The monoisotopic (exact) mass is 394 g/mol. The summed E-state index contributed by atoms with van der Waals surface area (Å²) in [5.74, 6) is 7.26. The lowest BCUT2D eigenvalue weighted by molar-refractivity contribution is -0.119. The first-order valence-electron chi connectivity index (χ1n) is 8.63. The minimum Gasteiger partial charge on any atom is -0.459 e. The minimum atomic E-state index is -0.248. The van der Waals surface area contributed by atoms with Crippen LogP contribution in [-0.2, 0) is 4.79 Å². The number of aromatic nitrogens is 4. The van der Waals surface area contributed by atoms with Crippen molar-refractivity contribution in [3.05, 3.63) is 60.6 Å². The summed E-state index contributed by atoms with van der Waals surface area (Å²) in [4.78, 5) is 16.4. The highest BCUT2D eigenvalue weighted by atomic mass is 32.2. The van der Waals surface area contributed by atoms with E-state index in [-0.39, 0.29) is 17.7 Å². The van der Waals surface area contributed by atoms with Crippen LogP contribution >= 0.6 is 11.8 Å². The van der Waals surface area contributed by atoms with Gasteiger partial charge in [0.2, 0.25) is 11.1 Å². The van der Waals surface area contributed by atoms with Crippen LogP contribution in [0.4, 0.5) is 0 Å². The van der Waals surface area contributed by atoms with Crippen LogP contribution in [-0.4, -0.2) is 31.5 Å². The maximum Gasteiger partial charge on any atom is 0.231 e. The maximum atomic E-state index is 12.3. The Morgan fingerprint density at radius 3 is 2.93 bits per heavy atom. The van der Waals surface area contributed by atoms with Gasteiger partial charge in [-0.1, -0.05) is 30.0 Å². The van der Waals surface area contributed by atoms with E-state index < -0.39 is 0 Å². The molecule has 0 aliphatic heterocycles. The predicted molar refractivity (Wildman–Crippen MR) is 107 cm³/mol. The first-order valence-corrected chi connectivity index (χ1v) is 9.62. The number of hydrogen-bond acceptors (Lipinski definition) is 7. The van der Waals surface area contributed by atoms with Crippen molar-refractivity contribution in [2.24, 2.45) is 0 Å². The molecule has 1 aromatic carbocycles. The van der Waals surface area contributed by atoms with Crippen LogP contribution in [0.15, 0.2) is 64.4 Å². The van der Waals surface area contributed by atoms with Crippen molar-refractivity contribution in [2.75, 3.05) is 11.6 Å². The number of nitrogens with two attached hydrogens (primary N) is 1. The highest BCUT2D eigenvalue weighted by Gasteiger charge is 2.17. The molecule has 0 aliphatic rings. The van der Waals surface area contributed by atoms with Crippen LogP contribution in [0.2, 0.25) is 0 Å². The molecule has 8 nitrogen and oxygen atoms in total. The molecule has 142 valence electrons. The molecule has 1 amide bonds. The molecule has 4 rings (SSSR count). The number of amides is 1. The zero-order valence-electron chi connectivity index (χ0n) is 15.1. The van der Waals surface area contributed by atoms with Crippen LogP contribution in [0.25, 0.3) is 22.4 Å². The van der Waals surface area contributed by atoms with Gasteiger partial charge in [0.05, 0.1) is 11.8 Å². The molecule has 0 bridgehead atoms. The molecule has 28 heavy (non-hydrogen) atoms. The fraction of sp³-hybridized carbons (Fsp3) is 0.158. The Labute approximate surface area is 165 Å². The second-order valence-electron chi connectivity index (χ2n) is 6.18. The molecule has 4 aromatic rings. The van der Waals surface area contributed by atoms with E-state index in [2.05, 4.69) is 20.5 Å². The lowest BCUT2D eigenvalue weighted by Gasteiger charge is -2.11. The molecule has 3 aromatic heterocycles. The number of fused-ring (bicyclic) bond motifs is 1. The Bertz CT molecular complexity index is 1080. The van der Waals surface area contributed by atoms with Gasteiger partial charge in [-0.3, -0.25) is 9.78 Å². The van der Waals surface area contributed by atoms with Crippen molar-refractivity contribution < 1.29 is 9.21 Å². The number of nitrogen functional groups attached to an aromatic ring is 1. The average Bonchev–Trinajstić information content (AvgIpc) is 3.30. The Balaban J connectivity index is 1.37. The van der Waals surface area contributed by atoms with E-state index in [0.717, 1.165) is 16.5 Å². The van der Waals surface area contributed by atoms with E-state index in [1.54, 1.807) is 18.5 Å². The molecule has 3 heterocycles. The number of pyridine rings is 1. The van der Waals surface area contributed by atoms with E-state index in [0.29, 0.717) is 16.7 Å². The molecule has 0 saturated carbocycles. The molecule has 9 heteroatoms. The third kappa shape index (κ3) is 3.70. The van der Waals surface area contributed by atoms with Crippen LogP contribution < -0.4 is 11.2 Å². The summed E-state index contributed by atoms with van der Waals surface area (Å²) in [6.45, 7) is 1.88. The largest absolute Gasteiger partial charge is 0.459 e. The van der Waals surface area contributed by atoms with Crippen LogP contribution in [0, 0.1) is 0 Å². The van der Waals surface area contributed by atoms with Gasteiger partial charge in [-0.15, -0.1) is 10.2 Å². The highest BCUT2D eigenvalue weighted by Crippen LogP contribution is 2.24. The number of nitrogens with zero attached hydrogens (tertiary/aromatic N) is 4. The van der Waals surface area contributed by atoms with Crippen molar-refractivity contribution in [3.8, 4) is 11.4 Å². The van der Waals surface area contributed by atoms with Crippen molar-refractivity contribution in [3.63, 3.8) is 0 Å². The van der Waals surface area contributed by atoms with E-state index >= 15 is 0 Å². The van der Waals surface area contributed by atoms with E-state index in [9.17, 15) is 4.79 Å². The zero-order chi connectivity index (χ0) is 19.5. The third-order valence-corrected chi connectivity index (χ3v) is 5.11. The van der Waals surface area contributed by atoms with Gasteiger partial charge in [-0.2, -0.15) is 0 Å². The van der Waals surface area contributed by atoms with E-state index in [1.807, 2.05) is 43.3 Å². The second kappa shape index (κ2) is 7.73. The number of rotatable bonds is 6. The van der Waals surface area contributed by atoms with Gasteiger partial charge >= 0.3 is 0 Å². The molecular weight excluding hydrogens is 376 g/mol. The molecule has 0 unspecified atom stereocenters. The number of carbonyl (C=O) groups is 1. The van der Waals surface area contributed by atoms with Crippen molar-refractivity contribution in [2.45, 2.75) is 18.1 Å². The van der Waals surface area contributed by atoms with E-state index in [1.165, 1.54) is 16.4 Å². The van der Waals surface area contributed by atoms with Gasteiger partial charge in [0.1, 0.15) is 11.3 Å². The summed E-state index contributed by atoms with van der Waals surface area (Å²) in [6, 6.07) is 13.1. The van der Waals surface area contributed by atoms with Gasteiger partial charge < -0.3 is 15.6 Å². The molecule has 3 N–H and O–H groups in total. The zero-order valence-corrected chi connectivity index (χ0v) is 15.9. The molecule has 1 atom stereocenters. The Morgan fingerprint density at radius 2 is 2.14 bits per heavy atom. The van der Waals surface area contributed by atoms with Crippen LogP contribution in [0.1, 0.15) is 18.7 Å². The third-order valence-electron chi connectivity index (χ3n) is 4.17. The normalized spacial score (nSPS) is 12.2. The van der Waals surface area contributed by atoms with Crippen molar-refractivity contribution >= 4 is 28.6 Å². The van der Waals surface area contributed by atoms with Crippen LogP contribution in [0.3, 0.4) is 0 Å². The van der Waals surface area contributed by atoms with Gasteiger partial charge in [-0.25, -0.2) is 4.68 Å². The number of nitrogens with one attached hydrogen (secondary N) is 1. The van der Waals surface area contributed by atoms with Crippen molar-refractivity contribution in [1.29, 1.82) is 0 Å². The number of para-hydroxylation sites is 1. The summed E-state index contributed by atoms with van der Waals surface area (Å²) < 4.78 is 7.15. The van der Waals surface area contributed by atoms with Gasteiger partial charge in [0, 0.05) is 23.3 Å². The number of hydrogen-bond donors (Lipinski definition) is 2. The number of thioether (sulfide) groups is 1. The molecule has 0 radical (unpaired) electrons. The van der Waals surface area contributed by atoms with E-state index in [4.69, 9.17) is 10.3 Å². The predicted octanol–water partition coefficient (Wildman–Crippen LogP) is 2.77. The fourth-order valence-electron chi connectivity index (χ4n) is 2.77. The standard InChI is InChI=1S/C19H18N6O2S/c1-12(16-9-13-5-2-3-7-15(13)27-16)22-17(26)11-28-19-24-23-18(25(19)20)14-6-4-8-21-10-14/h2-10,12H,11,20H2,1H3,(H,22,26)/t12-/m0/s1. The number of benzene rings is 1. The van der Waals surface area contributed by atoms with Crippen LogP contribution in [0.5, 0.6) is 0 Å². The SMILES string of the molecule is C[C@H](NC(=O)CSc1nnc(-c2cccnc2)n1N)c1cc2ccccc2o1. The molecule has 0 aliphatic carbocycles. The Kier molecular flexibility index (Phi) is 4.98. The lowest BCUT2D eigenvalue weighted by atomic mass is 10.2. The second-order valence-corrected chi connectivity index (χ2v) is 7.12. The first kappa shape index (κ1) is 18.1. The summed E-state index contributed by atoms with van der Waals surface area (Å²) >= 11 is 1.21. The molecule has 0 saturated heterocycles. The Hall–Kier alpha value is -3.33. The van der Waals surface area contributed by atoms with Gasteiger partial charge in [0.15, 0.2) is 5.82 Å². The smallest absolute Gasteiger partial charge is 0.231 e.